The first kappa shape index (κ1) is 18.5. The number of hydrogen-bond acceptors (Lipinski definition) is 2. The molecule has 0 aliphatic carbocycles. The zero-order chi connectivity index (χ0) is 16.3. The summed E-state index contributed by atoms with van der Waals surface area (Å²) in [5, 5.41) is 0.999. The fourth-order valence-corrected chi connectivity index (χ4v) is 15.2. The van der Waals surface area contributed by atoms with Gasteiger partial charge in [0, 0.05) is 0 Å². The van der Waals surface area contributed by atoms with Crippen molar-refractivity contribution in [3.8, 4) is 0 Å². The Bertz CT molecular complexity index is 522. The number of hydrogen-bond donors (Lipinski definition) is 0. The van der Waals surface area contributed by atoms with Crippen molar-refractivity contribution in [2.24, 2.45) is 0 Å². The molecule has 0 spiro atoms. The van der Waals surface area contributed by atoms with Gasteiger partial charge < -0.3 is 0 Å². The number of benzene rings is 1. The van der Waals surface area contributed by atoms with Gasteiger partial charge in [-0.1, -0.05) is 0 Å². The Morgan fingerprint density at radius 1 is 1.10 bits per heavy atom. The molecule has 0 aliphatic heterocycles. The van der Waals surface area contributed by atoms with Crippen LogP contribution in [0.3, 0.4) is 0 Å². The Morgan fingerprint density at radius 2 is 1.62 bits per heavy atom. The van der Waals surface area contributed by atoms with Gasteiger partial charge in [0.05, 0.1) is 0 Å². The third-order valence-corrected chi connectivity index (χ3v) is 11.8. The fraction of sp³-hybridized carbons (Fsp3) is 0.471. The molecule has 0 amide bonds. The van der Waals surface area contributed by atoms with Crippen LogP contribution in [0.4, 0.5) is 0 Å². The second kappa shape index (κ2) is 7.14. The summed E-state index contributed by atoms with van der Waals surface area (Å²) < 4.78 is 6.74. The van der Waals surface area contributed by atoms with E-state index in [1.807, 2.05) is 13.0 Å². The van der Waals surface area contributed by atoms with Crippen molar-refractivity contribution in [2.75, 3.05) is 6.61 Å². The monoisotopic (exact) mass is 412 g/mol. The van der Waals surface area contributed by atoms with Crippen LogP contribution in [0.1, 0.15) is 12.5 Å². The van der Waals surface area contributed by atoms with Crippen LogP contribution in [0.5, 0.6) is 0 Å². The van der Waals surface area contributed by atoms with Gasteiger partial charge in [0.15, 0.2) is 0 Å². The van der Waals surface area contributed by atoms with Crippen LogP contribution < -0.4 is 0 Å². The van der Waals surface area contributed by atoms with E-state index in [0.717, 1.165) is 5.20 Å². The van der Waals surface area contributed by atoms with E-state index in [2.05, 4.69) is 58.7 Å². The second-order valence-electron chi connectivity index (χ2n) is 7.34. The van der Waals surface area contributed by atoms with E-state index in [0.29, 0.717) is 6.61 Å². The Kier molecular flexibility index (Phi) is 6.29. The van der Waals surface area contributed by atoms with Crippen LogP contribution in [0, 0.1) is 0 Å². The van der Waals surface area contributed by atoms with Gasteiger partial charge in [-0.25, -0.2) is 0 Å². The van der Waals surface area contributed by atoms with Crippen molar-refractivity contribution >= 4 is 36.0 Å². The normalized spacial score (nSPS) is 13.7. The average molecular weight is 411 g/mol. The predicted molar refractivity (Wildman–Crippen MR) is 96.7 cm³/mol. The van der Waals surface area contributed by atoms with E-state index in [4.69, 9.17) is 4.74 Å². The zero-order valence-corrected chi connectivity index (χ0v) is 18.3. The van der Waals surface area contributed by atoms with Gasteiger partial charge in [0.2, 0.25) is 0 Å². The van der Waals surface area contributed by atoms with Crippen LogP contribution in [-0.2, 0) is 9.53 Å². The molecule has 21 heavy (non-hydrogen) atoms. The van der Waals surface area contributed by atoms with Gasteiger partial charge in [-0.15, -0.1) is 0 Å². The van der Waals surface area contributed by atoms with Gasteiger partial charge >= 0.3 is 135 Å². The van der Waals surface area contributed by atoms with Gasteiger partial charge in [0.1, 0.15) is 0 Å². The summed E-state index contributed by atoms with van der Waals surface area (Å²) in [5.74, 6) is -0.0952. The molecule has 0 heterocycles. The minimum absolute atomic E-state index is 0.0952. The molecule has 0 aliphatic rings. The maximum absolute atomic E-state index is 12.6. The van der Waals surface area contributed by atoms with Crippen molar-refractivity contribution in [3.05, 3.63) is 41.1 Å². The Labute approximate surface area is 134 Å². The number of ether oxygens (including phenoxy) is 1. The standard InChI is InChI=1S/C14H19O2Si.3CH3.Sn/c1-5-16-14(15)13(17(2,3)4)11-12-9-7-6-8-10-12;;;;/h6-10H,5H2,1-4H3;3*1H3;. The zero-order valence-electron chi connectivity index (χ0n) is 14.4. The summed E-state index contributed by atoms with van der Waals surface area (Å²) in [6.07, 6.45) is 0. The van der Waals surface area contributed by atoms with Crippen molar-refractivity contribution in [2.45, 2.75) is 41.4 Å². The van der Waals surface area contributed by atoms with Crippen molar-refractivity contribution < 1.29 is 9.53 Å². The molecule has 2 nitrogen and oxygen atoms in total. The first-order valence-electron chi connectivity index (χ1n) is 7.56. The van der Waals surface area contributed by atoms with E-state index in [9.17, 15) is 4.79 Å². The SMILES string of the molecule is CCOC(=O)/C(=[C](\c1ccccc1)[Sn]([CH3])([CH3])[CH3])[Si](C)(C)C. The van der Waals surface area contributed by atoms with Gasteiger partial charge in [0.25, 0.3) is 0 Å². The number of esters is 1. The first-order valence-corrected chi connectivity index (χ1v) is 21.1. The van der Waals surface area contributed by atoms with E-state index in [-0.39, 0.29) is 5.97 Å². The van der Waals surface area contributed by atoms with E-state index in [1.165, 1.54) is 9.15 Å². The molecule has 0 saturated heterocycles. The Balaban J connectivity index is 3.66. The molecular weight excluding hydrogens is 383 g/mol. The molecule has 0 atom stereocenters. The van der Waals surface area contributed by atoms with Crippen LogP contribution >= 0.6 is 0 Å². The fourth-order valence-electron chi connectivity index (χ4n) is 2.54. The van der Waals surface area contributed by atoms with Crippen molar-refractivity contribution in [3.63, 3.8) is 0 Å². The molecule has 0 bridgehead atoms. The minimum atomic E-state index is -2.48. The van der Waals surface area contributed by atoms with E-state index >= 15 is 0 Å². The molecule has 0 saturated carbocycles. The number of rotatable bonds is 5. The first-order chi connectivity index (χ1) is 9.59. The molecule has 1 aromatic rings. The number of carbonyl (C=O) groups excluding carboxylic acids is 1. The summed E-state index contributed by atoms with van der Waals surface area (Å²) in [6.45, 7) is 9.02. The molecule has 1 rings (SSSR count). The second-order valence-corrected chi connectivity index (χ2v) is 26.6. The van der Waals surface area contributed by atoms with Crippen molar-refractivity contribution in [1.82, 2.24) is 0 Å². The molecule has 1 aromatic carbocycles. The van der Waals surface area contributed by atoms with Gasteiger partial charge in [-0.3, -0.25) is 0 Å². The number of carbonyl (C=O) groups is 1. The molecule has 0 radical (unpaired) electrons. The molecule has 0 unspecified atom stereocenters. The Hall–Kier alpha value is -0.554. The van der Waals surface area contributed by atoms with Crippen LogP contribution in [0.25, 0.3) is 3.59 Å². The van der Waals surface area contributed by atoms with Crippen LogP contribution in [0.15, 0.2) is 35.5 Å². The summed E-state index contributed by atoms with van der Waals surface area (Å²) in [6, 6.07) is 10.4. The summed E-state index contributed by atoms with van der Waals surface area (Å²) in [7, 11) is -1.79. The molecule has 4 heteroatoms. The average Bonchev–Trinajstić information content (AvgIpc) is 2.34. The van der Waals surface area contributed by atoms with Crippen molar-refractivity contribution in [1.29, 1.82) is 0 Å². The third-order valence-electron chi connectivity index (χ3n) is 3.29. The van der Waals surface area contributed by atoms with Crippen LogP contribution in [0.2, 0.25) is 34.5 Å². The van der Waals surface area contributed by atoms with Crippen LogP contribution in [-0.4, -0.2) is 39.0 Å². The third kappa shape index (κ3) is 4.99. The molecule has 0 N–H and O–H groups in total. The topological polar surface area (TPSA) is 26.3 Å². The molecular formula is C17H28O2SiSn. The molecule has 0 fully saturated rings. The Morgan fingerprint density at radius 3 is 2.00 bits per heavy atom. The summed E-state index contributed by atoms with van der Waals surface area (Å²) >= 11 is -2.48. The summed E-state index contributed by atoms with van der Waals surface area (Å²) in [5.41, 5.74) is 1.21. The van der Waals surface area contributed by atoms with Gasteiger partial charge in [-0.2, -0.15) is 0 Å². The summed E-state index contributed by atoms with van der Waals surface area (Å²) in [4.78, 5) is 19.8. The predicted octanol–water partition coefficient (Wildman–Crippen LogP) is 4.76. The van der Waals surface area contributed by atoms with E-state index < -0.39 is 26.5 Å². The van der Waals surface area contributed by atoms with E-state index in [1.54, 1.807) is 0 Å². The quantitative estimate of drug-likeness (QED) is 0.397. The maximum atomic E-state index is 12.6. The van der Waals surface area contributed by atoms with Gasteiger partial charge in [-0.05, 0) is 0 Å². The molecule has 116 valence electrons. The molecule has 0 aromatic heterocycles.